The molecule has 0 saturated carbocycles. The van der Waals surface area contributed by atoms with Gasteiger partial charge in [-0.1, -0.05) is 41.4 Å². The van der Waals surface area contributed by atoms with Gasteiger partial charge in [-0.05, 0) is 36.8 Å². The van der Waals surface area contributed by atoms with Gasteiger partial charge >= 0.3 is 0 Å². The Hall–Kier alpha value is -2.37. The van der Waals surface area contributed by atoms with E-state index in [0.29, 0.717) is 33.2 Å². The summed E-state index contributed by atoms with van der Waals surface area (Å²) in [5, 5.41) is 4.54. The largest absolute Gasteiger partial charge is 0.350 e. The Morgan fingerprint density at radius 2 is 1.96 bits per heavy atom. The van der Waals surface area contributed by atoms with Gasteiger partial charge in [0.1, 0.15) is 5.82 Å². The number of aromatic nitrogens is 2. The first-order chi connectivity index (χ1) is 12.9. The number of nitrogens with zero attached hydrogens (tertiary/aromatic N) is 2. The minimum Gasteiger partial charge on any atom is -0.350 e. The molecule has 3 rings (SSSR count). The monoisotopic (exact) mass is 403 g/mol. The van der Waals surface area contributed by atoms with E-state index < -0.39 is 0 Å². The molecule has 1 heterocycles. The molecule has 7 heteroatoms. The van der Waals surface area contributed by atoms with Crippen molar-refractivity contribution in [3.8, 4) is 0 Å². The first-order valence-electron chi connectivity index (χ1n) is 8.56. The molecular weight excluding hydrogens is 385 g/mol. The quantitative estimate of drug-likeness (QED) is 0.698. The van der Waals surface area contributed by atoms with Crippen molar-refractivity contribution in [2.24, 2.45) is 7.05 Å². The maximum Gasteiger partial charge on any atom is 0.261 e. The third-order valence-corrected chi connectivity index (χ3v) is 5.02. The van der Waals surface area contributed by atoms with Crippen LogP contribution >= 0.6 is 23.2 Å². The van der Waals surface area contributed by atoms with Crippen LogP contribution in [-0.2, 0) is 18.3 Å². The summed E-state index contributed by atoms with van der Waals surface area (Å²) >= 11 is 12.1. The van der Waals surface area contributed by atoms with E-state index in [9.17, 15) is 9.59 Å². The molecule has 0 aliphatic heterocycles. The van der Waals surface area contributed by atoms with Gasteiger partial charge in [-0.25, -0.2) is 4.98 Å². The minimum absolute atomic E-state index is 0.114. The molecule has 27 heavy (non-hydrogen) atoms. The molecule has 3 aromatic rings. The molecular formula is C20H19Cl2N3O2. The van der Waals surface area contributed by atoms with Gasteiger partial charge in [-0.3, -0.25) is 14.2 Å². The molecule has 0 saturated heterocycles. The number of hydrogen-bond acceptors (Lipinski definition) is 3. The van der Waals surface area contributed by atoms with Crippen LogP contribution in [0.15, 0.2) is 47.3 Å². The number of benzene rings is 2. The van der Waals surface area contributed by atoms with Crippen LogP contribution in [0.2, 0.25) is 10.0 Å². The first-order valence-corrected chi connectivity index (χ1v) is 9.31. The van der Waals surface area contributed by atoms with E-state index in [1.54, 1.807) is 37.4 Å². The second-order valence-electron chi connectivity index (χ2n) is 6.36. The van der Waals surface area contributed by atoms with Gasteiger partial charge in [-0.15, -0.1) is 0 Å². The molecule has 1 aromatic heterocycles. The highest BCUT2D eigenvalue weighted by molar-refractivity contribution is 6.35. The van der Waals surface area contributed by atoms with E-state index >= 15 is 0 Å². The van der Waals surface area contributed by atoms with Gasteiger partial charge in [0.2, 0.25) is 5.91 Å². The lowest BCUT2D eigenvalue weighted by Crippen LogP contribution is -2.28. The number of hydrogen-bond donors (Lipinski definition) is 1. The number of carbonyl (C=O) groups is 1. The summed E-state index contributed by atoms with van der Waals surface area (Å²) in [5.74, 6) is 0.432. The summed E-state index contributed by atoms with van der Waals surface area (Å²) < 4.78 is 1.50. The van der Waals surface area contributed by atoms with Gasteiger partial charge in [0.05, 0.1) is 16.9 Å². The lowest BCUT2D eigenvalue weighted by molar-refractivity contribution is -0.121. The summed E-state index contributed by atoms with van der Waals surface area (Å²) in [6.07, 6.45) is 0.581. The molecule has 1 atom stereocenters. The fourth-order valence-corrected chi connectivity index (χ4v) is 3.53. The van der Waals surface area contributed by atoms with Crippen LogP contribution in [0.25, 0.3) is 10.9 Å². The van der Waals surface area contributed by atoms with Crippen molar-refractivity contribution in [1.82, 2.24) is 14.9 Å². The second-order valence-corrected chi connectivity index (χ2v) is 7.21. The van der Waals surface area contributed by atoms with E-state index in [2.05, 4.69) is 10.3 Å². The summed E-state index contributed by atoms with van der Waals surface area (Å²) in [4.78, 5) is 29.3. The Kier molecular flexibility index (Phi) is 5.82. The SMILES string of the molecule is C[C@H](NC(=O)CCc1nc2ccccc2c(=O)n1C)c1ccc(Cl)cc1Cl. The maximum atomic E-state index is 12.4. The zero-order valence-corrected chi connectivity index (χ0v) is 16.5. The van der Waals surface area contributed by atoms with Gasteiger partial charge in [-0.2, -0.15) is 0 Å². The van der Waals surface area contributed by atoms with Crippen molar-refractivity contribution in [2.45, 2.75) is 25.8 Å². The molecule has 5 nitrogen and oxygen atoms in total. The molecule has 1 amide bonds. The number of fused-ring (bicyclic) bond motifs is 1. The summed E-state index contributed by atoms with van der Waals surface area (Å²) in [6, 6.07) is 12.1. The van der Waals surface area contributed by atoms with Crippen LogP contribution in [0.4, 0.5) is 0 Å². The van der Waals surface area contributed by atoms with E-state index in [4.69, 9.17) is 23.2 Å². The van der Waals surface area contributed by atoms with Crippen molar-refractivity contribution in [3.05, 3.63) is 74.3 Å². The average Bonchev–Trinajstić information content (AvgIpc) is 2.63. The number of nitrogens with one attached hydrogen (secondary N) is 1. The Bertz CT molecular complexity index is 1060. The van der Waals surface area contributed by atoms with E-state index in [1.165, 1.54) is 4.57 Å². The number of carbonyl (C=O) groups excluding carboxylic acids is 1. The predicted octanol–water partition coefficient (Wildman–Crippen LogP) is 4.05. The molecule has 0 radical (unpaired) electrons. The topological polar surface area (TPSA) is 64.0 Å². The highest BCUT2D eigenvalue weighted by Crippen LogP contribution is 2.26. The lowest BCUT2D eigenvalue weighted by Gasteiger charge is -2.16. The Morgan fingerprint density at radius 1 is 1.22 bits per heavy atom. The fraction of sp³-hybridized carbons (Fsp3) is 0.250. The number of para-hydroxylation sites is 1. The van der Waals surface area contributed by atoms with Gasteiger partial charge < -0.3 is 5.32 Å². The van der Waals surface area contributed by atoms with E-state index in [1.807, 2.05) is 19.1 Å². The number of amides is 1. The third kappa shape index (κ3) is 4.31. The van der Waals surface area contributed by atoms with Crippen LogP contribution in [-0.4, -0.2) is 15.5 Å². The predicted molar refractivity (Wildman–Crippen MR) is 108 cm³/mol. The highest BCUT2D eigenvalue weighted by Gasteiger charge is 2.14. The number of aryl methyl sites for hydroxylation is 1. The fourth-order valence-electron chi connectivity index (χ4n) is 2.96. The van der Waals surface area contributed by atoms with Crippen molar-refractivity contribution in [2.75, 3.05) is 0 Å². The van der Waals surface area contributed by atoms with Gasteiger partial charge in [0, 0.05) is 29.9 Å². The Morgan fingerprint density at radius 3 is 2.70 bits per heavy atom. The molecule has 2 aromatic carbocycles. The summed E-state index contributed by atoms with van der Waals surface area (Å²) in [7, 11) is 1.67. The summed E-state index contributed by atoms with van der Waals surface area (Å²) in [5.41, 5.74) is 1.32. The minimum atomic E-state index is -0.254. The standard InChI is InChI=1S/C20H19Cl2N3O2/c1-12(14-8-7-13(21)11-16(14)22)23-19(26)10-9-18-24-17-6-4-3-5-15(17)20(27)25(18)2/h3-8,11-12H,9-10H2,1-2H3,(H,23,26)/t12-/m0/s1. The molecule has 0 spiro atoms. The third-order valence-electron chi connectivity index (χ3n) is 4.46. The molecule has 0 unspecified atom stereocenters. The van der Waals surface area contributed by atoms with Crippen molar-refractivity contribution in [1.29, 1.82) is 0 Å². The maximum absolute atomic E-state index is 12.4. The molecule has 0 bridgehead atoms. The van der Waals surface area contributed by atoms with Crippen LogP contribution in [0.5, 0.6) is 0 Å². The molecule has 0 aliphatic carbocycles. The second kappa shape index (κ2) is 8.11. The normalized spacial score (nSPS) is 12.1. The average molecular weight is 404 g/mol. The highest BCUT2D eigenvalue weighted by atomic mass is 35.5. The van der Waals surface area contributed by atoms with Crippen LogP contribution in [0.1, 0.15) is 30.8 Å². The Labute approximate surface area is 166 Å². The van der Waals surface area contributed by atoms with E-state index in [-0.39, 0.29) is 23.9 Å². The number of rotatable bonds is 5. The van der Waals surface area contributed by atoms with Crippen LogP contribution < -0.4 is 10.9 Å². The van der Waals surface area contributed by atoms with Crippen LogP contribution in [0.3, 0.4) is 0 Å². The zero-order chi connectivity index (χ0) is 19.6. The van der Waals surface area contributed by atoms with Crippen LogP contribution in [0, 0.1) is 0 Å². The van der Waals surface area contributed by atoms with Crippen molar-refractivity contribution in [3.63, 3.8) is 0 Å². The number of halogens is 2. The van der Waals surface area contributed by atoms with E-state index in [0.717, 1.165) is 5.56 Å². The molecule has 140 valence electrons. The van der Waals surface area contributed by atoms with Gasteiger partial charge in [0.15, 0.2) is 0 Å². The Balaban J connectivity index is 1.70. The molecule has 0 aliphatic rings. The van der Waals surface area contributed by atoms with Crippen molar-refractivity contribution < 1.29 is 4.79 Å². The lowest BCUT2D eigenvalue weighted by atomic mass is 10.1. The van der Waals surface area contributed by atoms with Gasteiger partial charge in [0.25, 0.3) is 5.56 Å². The smallest absolute Gasteiger partial charge is 0.261 e. The van der Waals surface area contributed by atoms with Crippen molar-refractivity contribution >= 4 is 40.0 Å². The summed E-state index contributed by atoms with van der Waals surface area (Å²) in [6.45, 7) is 1.86. The zero-order valence-electron chi connectivity index (χ0n) is 15.0. The first kappa shape index (κ1) is 19.4. The molecule has 1 N–H and O–H groups in total. The molecule has 0 fully saturated rings.